The second-order valence-corrected chi connectivity index (χ2v) is 7.57. The van der Waals surface area contributed by atoms with Crippen LogP contribution in [0.3, 0.4) is 0 Å². The molecule has 1 amide bonds. The van der Waals surface area contributed by atoms with Gasteiger partial charge in [-0.1, -0.05) is 13.8 Å². The highest BCUT2D eigenvalue weighted by Gasteiger charge is 2.31. The van der Waals surface area contributed by atoms with Crippen LogP contribution in [0.4, 0.5) is 4.79 Å². The summed E-state index contributed by atoms with van der Waals surface area (Å²) >= 11 is 0. The zero-order valence-electron chi connectivity index (χ0n) is 16.5. The Morgan fingerprint density at radius 1 is 1.24 bits per heavy atom. The first-order valence-electron chi connectivity index (χ1n) is 9.50. The van der Waals surface area contributed by atoms with Crippen molar-refractivity contribution < 1.29 is 19.4 Å². The number of carboxylic acid groups (broad SMARTS) is 1. The third kappa shape index (κ3) is 3.41. The lowest BCUT2D eigenvalue weighted by molar-refractivity contribution is -0.137. The van der Waals surface area contributed by atoms with Crippen LogP contribution < -0.4 is 4.74 Å². The molecule has 4 rings (SSSR count). The van der Waals surface area contributed by atoms with Crippen molar-refractivity contribution in [2.24, 2.45) is 5.92 Å². The first-order chi connectivity index (χ1) is 13.8. The van der Waals surface area contributed by atoms with E-state index in [9.17, 15) is 14.7 Å². The summed E-state index contributed by atoms with van der Waals surface area (Å²) < 4.78 is 7.20. The largest absolute Gasteiger partial charge is 0.464 e. The van der Waals surface area contributed by atoms with Crippen molar-refractivity contribution in [2.75, 3.05) is 0 Å². The molecule has 1 unspecified atom stereocenters. The Kier molecular flexibility index (Phi) is 4.70. The van der Waals surface area contributed by atoms with Crippen LogP contribution in [0.15, 0.2) is 36.8 Å². The highest BCUT2D eigenvalue weighted by molar-refractivity contribution is 5.89. The van der Waals surface area contributed by atoms with E-state index in [1.165, 1.54) is 12.5 Å². The van der Waals surface area contributed by atoms with Gasteiger partial charge in [0.1, 0.15) is 12.1 Å². The average molecular weight is 394 g/mol. The maximum Gasteiger partial charge on any atom is 0.415 e. The van der Waals surface area contributed by atoms with E-state index in [0.29, 0.717) is 30.1 Å². The molecule has 8 nitrogen and oxygen atoms in total. The minimum atomic E-state index is -1.03. The Labute approximate surface area is 167 Å². The summed E-state index contributed by atoms with van der Waals surface area (Å²) in [6, 6.07) is 6.96. The number of benzene rings is 1. The monoisotopic (exact) mass is 394 g/mol. The molecule has 0 saturated heterocycles. The van der Waals surface area contributed by atoms with Crippen molar-refractivity contribution >= 4 is 22.9 Å². The summed E-state index contributed by atoms with van der Waals surface area (Å²) in [5.74, 6) is 1.07. The maximum absolute atomic E-state index is 12.5. The second-order valence-electron chi connectivity index (χ2n) is 7.57. The van der Waals surface area contributed by atoms with Gasteiger partial charge in [0.25, 0.3) is 0 Å². The van der Waals surface area contributed by atoms with Gasteiger partial charge < -0.3 is 14.7 Å². The molecule has 1 aliphatic heterocycles. The number of rotatable bonds is 3. The summed E-state index contributed by atoms with van der Waals surface area (Å²) in [6.45, 7) is 6.24. The quantitative estimate of drug-likeness (QED) is 0.728. The number of fused-ring (bicyclic) bond motifs is 2. The molecule has 0 spiro atoms. The molecule has 1 aromatic carbocycles. The predicted molar refractivity (Wildman–Crippen MR) is 106 cm³/mol. The zero-order valence-corrected chi connectivity index (χ0v) is 16.5. The van der Waals surface area contributed by atoms with Gasteiger partial charge in [0.05, 0.1) is 17.8 Å². The molecule has 0 saturated carbocycles. The van der Waals surface area contributed by atoms with E-state index in [2.05, 4.69) is 9.97 Å². The van der Waals surface area contributed by atoms with Crippen molar-refractivity contribution in [3.05, 3.63) is 48.0 Å². The standard InChI is InChI=1S/C21H22N4O4/c1-12(2)20(26)25-10-17-16(8-13(25)3)19(23-11-22-17)29-15-4-5-18-14(9-15)6-7-24(18)21(27)28/h4-7,9,11-13H,8,10H2,1-3H3,(H,27,28). The normalized spacial score (nSPS) is 16.1. The maximum atomic E-state index is 12.5. The molecule has 150 valence electrons. The number of amides is 1. The fourth-order valence-corrected chi connectivity index (χ4v) is 3.67. The summed E-state index contributed by atoms with van der Waals surface area (Å²) in [4.78, 5) is 34.2. The highest BCUT2D eigenvalue weighted by Crippen LogP contribution is 2.32. The number of aromatic nitrogens is 3. The number of nitrogens with zero attached hydrogens (tertiary/aromatic N) is 4. The van der Waals surface area contributed by atoms with Crippen LogP contribution in [0.1, 0.15) is 32.0 Å². The molecule has 29 heavy (non-hydrogen) atoms. The van der Waals surface area contributed by atoms with E-state index in [0.717, 1.165) is 21.2 Å². The molecule has 1 aliphatic rings. The molecule has 8 heteroatoms. The minimum Gasteiger partial charge on any atom is -0.464 e. The van der Waals surface area contributed by atoms with E-state index >= 15 is 0 Å². The first kappa shape index (κ1) is 18.9. The predicted octanol–water partition coefficient (Wildman–Crippen LogP) is 3.68. The summed E-state index contributed by atoms with van der Waals surface area (Å²) in [5, 5.41) is 9.97. The molecule has 0 radical (unpaired) electrons. The summed E-state index contributed by atoms with van der Waals surface area (Å²) in [5.41, 5.74) is 2.28. The lowest BCUT2D eigenvalue weighted by atomic mass is 9.98. The van der Waals surface area contributed by atoms with Crippen molar-refractivity contribution in [3.63, 3.8) is 0 Å². The lowest BCUT2D eigenvalue weighted by Gasteiger charge is -2.35. The van der Waals surface area contributed by atoms with E-state index in [-0.39, 0.29) is 17.9 Å². The van der Waals surface area contributed by atoms with Crippen LogP contribution in [0.5, 0.6) is 11.6 Å². The average Bonchev–Trinajstić information content (AvgIpc) is 3.11. The highest BCUT2D eigenvalue weighted by atomic mass is 16.5. The fraction of sp³-hybridized carbons (Fsp3) is 0.333. The fourth-order valence-electron chi connectivity index (χ4n) is 3.67. The molecule has 0 bridgehead atoms. The Morgan fingerprint density at radius 3 is 2.76 bits per heavy atom. The number of hydrogen-bond donors (Lipinski definition) is 1. The number of ether oxygens (including phenoxy) is 1. The van der Waals surface area contributed by atoms with Crippen molar-refractivity contribution in [1.29, 1.82) is 0 Å². The first-order valence-corrected chi connectivity index (χ1v) is 9.50. The SMILES string of the molecule is CC(C)C(=O)N1Cc2ncnc(Oc3ccc4c(ccn4C(=O)O)c3)c2CC1C. The Hall–Kier alpha value is -3.42. The van der Waals surface area contributed by atoms with E-state index in [1.807, 2.05) is 25.7 Å². The van der Waals surface area contributed by atoms with Gasteiger partial charge in [0.15, 0.2) is 0 Å². The van der Waals surface area contributed by atoms with Crippen LogP contribution in [-0.2, 0) is 17.8 Å². The molecule has 3 aromatic rings. The molecule has 0 fully saturated rings. The lowest BCUT2D eigenvalue weighted by Crippen LogP contribution is -2.44. The van der Waals surface area contributed by atoms with Gasteiger partial charge >= 0.3 is 6.09 Å². The topological polar surface area (TPSA) is 97.6 Å². The Bertz CT molecular complexity index is 1110. The van der Waals surface area contributed by atoms with Crippen molar-refractivity contribution in [2.45, 2.75) is 39.8 Å². The van der Waals surface area contributed by atoms with Crippen LogP contribution in [0, 0.1) is 5.92 Å². The van der Waals surface area contributed by atoms with Crippen LogP contribution in [-0.4, -0.2) is 42.6 Å². The zero-order chi connectivity index (χ0) is 20.7. The van der Waals surface area contributed by atoms with Crippen molar-refractivity contribution in [3.8, 4) is 11.6 Å². The van der Waals surface area contributed by atoms with E-state index in [1.54, 1.807) is 24.3 Å². The van der Waals surface area contributed by atoms with Gasteiger partial charge in [-0.25, -0.2) is 14.8 Å². The van der Waals surface area contributed by atoms with Crippen LogP contribution in [0.25, 0.3) is 10.9 Å². The third-order valence-corrected chi connectivity index (χ3v) is 5.21. The number of hydrogen-bond acceptors (Lipinski definition) is 5. The number of carbonyl (C=O) groups is 2. The van der Waals surface area contributed by atoms with E-state index < -0.39 is 6.09 Å². The van der Waals surface area contributed by atoms with Gasteiger partial charge in [-0.05, 0) is 37.6 Å². The Morgan fingerprint density at radius 2 is 2.03 bits per heavy atom. The molecule has 0 aliphatic carbocycles. The molecule has 3 heterocycles. The van der Waals surface area contributed by atoms with Gasteiger partial charge in [-0.15, -0.1) is 0 Å². The molecule has 2 aromatic heterocycles. The molecular formula is C21H22N4O4. The van der Waals surface area contributed by atoms with Gasteiger partial charge in [-0.3, -0.25) is 9.36 Å². The van der Waals surface area contributed by atoms with E-state index in [4.69, 9.17) is 4.74 Å². The summed E-state index contributed by atoms with van der Waals surface area (Å²) in [7, 11) is 0. The van der Waals surface area contributed by atoms with Gasteiger partial charge in [0.2, 0.25) is 11.8 Å². The second kappa shape index (κ2) is 7.20. The third-order valence-electron chi connectivity index (χ3n) is 5.21. The smallest absolute Gasteiger partial charge is 0.415 e. The number of carbonyl (C=O) groups excluding carboxylic acids is 1. The Balaban J connectivity index is 1.63. The van der Waals surface area contributed by atoms with Gasteiger partial charge in [0, 0.05) is 29.1 Å². The molecule has 1 N–H and O–H groups in total. The van der Waals surface area contributed by atoms with Crippen molar-refractivity contribution in [1.82, 2.24) is 19.4 Å². The molecule has 1 atom stereocenters. The van der Waals surface area contributed by atoms with Crippen LogP contribution >= 0.6 is 0 Å². The van der Waals surface area contributed by atoms with Gasteiger partial charge in [-0.2, -0.15) is 0 Å². The minimum absolute atomic E-state index is 0.0258. The molecular weight excluding hydrogens is 372 g/mol. The summed E-state index contributed by atoms with van der Waals surface area (Å²) in [6.07, 6.45) is 2.53. The van der Waals surface area contributed by atoms with Crippen LogP contribution in [0.2, 0.25) is 0 Å².